The van der Waals surface area contributed by atoms with Crippen molar-refractivity contribution < 1.29 is 38.4 Å². The van der Waals surface area contributed by atoms with Crippen molar-refractivity contribution in [2.45, 2.75) is 65.0 Å². The molecule has 1 heterocycles. The Morgan fingerprint density at radius 2 is 1.95 bits per heavy atom. The van der Waals surface area contributed by atoms with Crippen LogP contribution in [0.1, 0.15) is 34.6 Å². The van der Waals surface area contributed by atoms with E-state index in [2.05, 4.69) is 4.74 Å². The van der Waals surface area contributed by atoms with Crippen LogP contribution in [-0.4, -0.2) is 47.8 Å². The molecule has 0 spiro atoms. The Balaban J connectivity index is 2.40. The van der Waals surface area contributed by atoms with Gasteiger partial charge in [-0.1, -0.05) is 0 Å². The smallest absolute Gasteiger partial charge is 0.429 e. The van der Waals surface area contributed by atoms with Crippen molar-refractivity contribution >= 4 is 12.3 Å². The zero-order chi connectivity index (χ0) is 15.5. The van der Waals surface area contributed by atoms with Crippen LogP contribution in [0.25, 0.3) is 0 Å². The van der Waals surface area contributed by atoms with E-state index in [0.717, 1.165) is 0 Å². The van der Waals surface area contributed by atoms with Crippen LogP contribution in [0, 0.1) is 0 Å². The molecule has 1 rings (SSSR count). The number of aliphatic hydroxyl groups is 1. The summed E-state index contributed by atoms with van der Waals surface area (Å²) in [5.74, 6) is 0. The van der Waals surface area contributed by atoms with Crippen LogP contribution < -0.4 is 0 Å². The van der Waals surface area contributed by atoms with Crippen molar-refractivity contribution in [3.63, 3.8) is 0 Å². The summed E-state index contributed by atoms with van der Waals surface area (Å²) in [7, 11) is 0. The van der Waals surface area contributed by atoms with Gasteiger partial charge in [-0.25, -0.2) is 9.59 Å². The van der Waals surface area contributed by atoms with Crippen LogP contribution >= 0.6 is 0 Å². The van der Waals surface area contributed by atoms with E-state index in [1.807, 2.05) is 0 Å². The summed E-state index contributed by atoms with van der Waals surface area (Å²) >= 11 is 0. The van der Waals surface area contributed by atoms with Crippen LogP contribution in [0.3, 0.4) is 0 Å². The van der Waals surface area contributed by atoms with E-state index >= 15 is 0 Å². The molecular formula is C12H20O8. The van der Waals surface area contributed by atoms with Crippen LogP contribution in [0.5, 0.6) is 0 Å². The minimum atomic E-state index is -1.48. The van der Waals surface area contributed by atoms with E-state index in [1.54, 1.807) is 27.7 Å². The highest BCUT2D eigenvalue weighted by Crippen LogP contribution is 2.20. The van der Waals surface area contributed by atoms with Gasteiger partial charge in [0.15, 0.2) is 12.4 Å². The molecule has 8 heteroatoms. The molecule has 1 aliphatic rings. The third-order valence-electron chi connectivity index (χ3n) is 2.24. The molecule has 0 amide bonds. The summed E-state index contributed by atoms with van der Waals surface area (Å²) < 4.78 is 24.1. The van der Waals surface area contributed by atoms with Gasteiger partial charge in [-0.15, -0.1) is 0 Å². The Kier molecular flexibility index (Phi) is 5.18. The van der Waals surface area contributed by atoms with Gasteiger partial charge in [0.2, 0.25) is 6.29 Å². The van der Waals surface area contributed by atoms with E-state index in [9.17, 15) is 14.7 Å². The maximum absolute atomic E-state index is 11.4. The van der Waals surface area contributed by atoms with Crippen LogP contribution in [0.4, 0.5) is 9.59 Å². The van der Waals surface area contributed by atoms with Gasteiger partial charge in [-0.05, 0) is 34.6 Å². The predicted molar refractivity (Wildman–Crippen MR) is 64.7 cm³/mol. The molecular weight excluding hydrogens is 272 g/mol. The lowest BCUT2D eigenvalue weighted by atomic mass is 10.2. The zero-order valence-electron chi connectivity index (χ0n) is 12.1. The van der Waals surface area contributed by atoms with Gasteiger partial charge in [0.05, 0.1) is 0 Å². The molecule has 1 aliphatic heterocycles. The first kappa shape index (κ1) is 16.5. The normalized spacial score (nSPS) is 25.4. The standard InChI is InChI=1S/C12H20O8/c1-6-8(19-10(14)16-6)9(13)17-7(2)18-11(15)20-12(3,4)5/h6-9,13H,1-5H3. The average Bonchev–Trinajstić information content (AvgIpc) is 2.54. The van der Waals surface area contributed by atoms with E-state index in [0.29, 0.717) is 0 Å². The molecule has 0 aromatic carbocycles. The first-order valence-corrected chi connectivity index (χ1v) is 6.19. The van der Waals surface area contributed by atoms with Gasteiger partial charge in [0.25, 0.3) is 0 Å². The van der Waals surface area contributed by atoms with Crippen LogP contribution in [0.15, 0.2) is 0 Å². The fourth-order valence-electron chi connectivity index (χ4n) is 1.45. The summed E-state index contributed by atoms with van der Waals surface area (Å²) in [6.07, 6.45) is -6.01. The van der Waals surface area contributed by atoms with Gasteiger partial charge < -0.3 is 28.8 Å². The van der Waals surface area contributed by atoms with E-state index < -0.39 is 42.7 Å². The number of cyclic esters (lactones) is 2. The van der Waals surface area contributed by atoms with Crippen molar-refractivity contribution in [2.75, 3.05) is 0 Å². The molecule has 0 bridgehead atoms. The fourth-order valence-corrected chi connectivity index (χ4v) is 1.45. The zero-order valence-corrected chi connectivity index (χ0v) is 12.1. The second-order valence-corrected chi connectivity index (χ2v) is 5.33. The van der Waals surface area contributed by atoms with Gasteiger partial charge in [-0.2, -0.15) is 0 Å². The molecule has 0 radical (unpaired) electrons. The molecule has 8 nitrogen and oxygen atoms in total. The fraction of sp³-hybridized carbons (Fsp3) is 0.833. The van der Waals surface area contributed by atoms with Gasteiger partial charge in [0, 0.05) is 0 Å². The molecule has 4 atom stereocenters. The summed E-state index contributed by atoms with van der Waals surface area (Å²) in [6, 6.07) is 0. The molecule has 1 fully saturated rings. The SMILES string of the molecule is CC(OC(=O)OC(C)(C)C)OC(O)C1OC(=O)OC1C. The van der Waals surface area contributed by atoms with Crippen molar-refractivity contribution in [3.8, 4) is 0 Å². The highest BCUT2D eigenvalue weighted by Gasteiger charge is 2.40. The second kappa shape index (κ2) is 6.27. The maximum atomic E-state index is 11.4. The average molecular weight is 292 g/mol. The summed E-state index contributed by atoms with van der Waals surface area (Å²) in [6.45, 7) is 8.00. The molecule has 4 unspecified atom stereocenters. The lowest BCUT2D eigenvalue weighted by molar-refractivity contribution is -0.238. The van der Waals surface area contributed by atoms with E-state index in [1.165, 1.54) is 6.92 Å². The first-order valence-electron chi connectivity index (χ1n) is 6.19. The summed E-state index contributed by atoms with van der Waals surface area (Å²) in [5.41, 5.74) is -0.696. The highest BCUT2D eigenvalue weighted by atomic mass is 16.8. The first-order chi connectivity index (χ1) is 9.08. The van der Waals surface area contributed by atoms with Crippen molar-refractivity contribution in [1.29, 1.82) is 0 Å². The monoisotopic (exact) mass is 292 g/mol. The Morgan fingerprint density at radius 3 is 2.40 bits per heavy atom. The number of rotatable bonds is 4. The molecule has 20 heavy (non-hydrogen) atoms. The van der Waals surface area contributed by atoms with E-state index in [-0.39, 0.29) is 0 Å². The molecule has 1 saturated heterocycles. The Morgan fingerprint density at radius 1 is 1.35 bits per heavy atom. The Bertz CT molecular complexity index is 361. The largest absolute Gasteiger partial charge is 0.511 e. The number of ether oxygens (including phenoxy) is 5. The minimum Gasteiger partial charge on any atom is -0.429 e. The minimum absolute atomic E-state index is 0.661. The van der Waals surface area contributed by atoms with Crippen molar-refractivity contribution in [2.24, 2.45) is 0 Å². The maximum Gasteiger partial charge on any atom is 0.511 e. The number of carbonyl (C=O) groups is 2. The quantitative estimate of drug-likeness (QED) is 0.615. The molecule has 0 saturated carbocycles. The van der Waals surface area contributed by atoms with Crippen LogP contribution in [-0.2, 0) is 23.7 Å². The van der Waals surface area contributed by atoms with Crippen LogP contribution in [0.2, 0.25) is 0 Å². The molecule has 0 aliphatic carbocycles. The number of aliphatic hydroxyl groups excluding tert-OH is 1. The van der Waals surface area contributed by atoms with Crippen molar-refractivity contribution in [3.05, 3.63) is 0 Å². The lowest BCUT2D eigenvalue weighted by Crippen LogP contribution is -2.39. The third kappa shape index (κ3) is 5.22. The predicted octanol–water partition coefficient (Wildman–Crippen LogP) is 1.54. The summed E-state index contributed by atoms with van der Waals surface area (Å²) in [5, 5.41) is 9.74. The topological polar surface area (TPSA) is 101 Å². The van der Waals surface area contributed by atoms with Gasteiger partial charge >= 0.3 is 12.3 Å². The van der Waals surface area contributed by atoms with Gasteiger partial charge in [-0.3, -0.25) is 0 Å². The Hall–Kier alpha value is -1.54. The number of hydrogen-bond acceptors (Lipinski definition) is 8. The highest BCUT2D eigenvalue weighted by molar-refractivity contribution is 5.62. The number of carbonyl (C=O) groups excluding carboxylic acids is 2. The third-order valence-corrected chi connectivity index (χ3v) is 2.24. The molecule has 0 aromatic rings. The number of hydrogen-bond donors (Lipinski definition) is 1. The van der Waals surface area contributed by atoms with E-state index in [4.69, 9.17) is 18.9 Å². The molecule has 116 valence electrons. The molecule has 0 aromatic heterocycles. The van der Waals surface area contributed by atoms with Crippen molar-refractivity contribution in [1.82, 2.24) is 0 Å². The molecule has 1 N–H and O–H groups in total. The summed E-state index contributed by atoms with van der Waals surface area (Å²) in [4.78, 5) is 22.2. The lowest BCUT2D eigenvalue weighted by Gasteiger charge is -2.24. The Labute approximate surface area is 116 Å². The second-order valence-electron chi connectivity index (χ2n) is 5.33. The van der Waals surface area contributed by atoms with Gasteiger partial charge in [0.1, 0.15) is 11.7 Å².